The van der Waals surface area contributed by atoms with E-state index in [9.17, 15) is 14.4 Å². The maximum absolute atomic E-state index is 11.7. The molecule has 0 saturated carbocycles. The topological polar surface area (TPSA) is 105 Å². The van der Waals surface area contributed by atoms with Gasteiger partial charge in [0.2, 0.25) is 6.54 Å². The maximum Gasteiger partial charge on any atom is 0.321 e. The van der Waals surface area contributed by atoms with Crippen molar-refractivity contribution in [1.29, 1.82) is 0 Å². The molecule has 7 heteroatoms. The van der Waals surface area contributed by atoms with Gasteiger partial charge in [0.05, 0.1) is 0 Å². The van der Waals surface area contributed by atoms with Crippen LogP contribution in [0.3, 0.4) is 0 Å². The minimum atomic E-state index is -0.575. The number of aromatic nitrogens is 1. The third-order valence-corrected chi connectivity index (χ3v) is 2.71. The van der Waals surface area contributed by atoms with E-state index < -0.39 is 17.8 Å². The molecule has 20 heavy (non-hydrogen) atoms. The lowest BCUT2D eigenvalue weighted by Crippen LogP contribution is -2.49. The average Bonchev–Trinajstić information content (AvgIpc) is 2.38. The number of rotatable bonds is 5. The summed E-state index contributed by atoms with van der Waals surface area (Å²) in [4.78, 5) is 34.1. The molecule has 1 rings (SSSR count). The minimum absolute atomic E-state index is 0.00589. The molecule has 7 nitrogen and oxygen atoms in total. The zero-order valence-electron chi connectivity index (χ0n) is 11.6. The normalized spacial score (nSPS) is 11.5. The van der Waals surface area contributed by atoms with Gasteiger partial charge >= 0.3 is 6.03 Å². The zero-order valence-corrected chi connectivity index (χ0v) is 11.6. The van der Waals surface area contributed by atoms with E-state index in [0.717, 1.165) is 6.42 Å². The summed E-state index contributed by atoms with van der Waals surface area (Å²) in [6.07, 6.45) is 3.84. The third kappa shape index (κ3) is 5.05. The molecule has 0 aromatic carbocycles. The Morgan fingerprint density at radius 3 is 2.70 bits per heavy atom. The monoisotopic (exact) mass is 279 g/mol. The molecule has 0 radical (unpaired) electrons. The Balaban J connectivity index is 2.56. The Morgan fingerprint density at radius 2 is 2.10 bits per heavy atom. The van der Waals surface area contributed by atoms with Crippen molar-refractivity contribution in [2.24, 2.45) is 5.73 Å². The SMILES string of the molecule is CC[C@@H](C)NC(=O)NC(=O)C[n+]1cccc(C(N)=O)c1. The molecule has 0 aliphatic carbocycles. The van der Waals surface area contributed by atoms with Crippen LogP contribution in [0.15, 0.2) is 24.5 Å². The van der Waals surface area contributed by atoms with Crippen molar-refractivity contribution < 1.29 is 19.0 Å². The van der Waals surface area contributed by atoms with E-state index in [1.807, 2.05) is 13.8 Å². The molecule has 0 unspecified atom stereocenters. The quantitative estimate of drug-likeness (QED) is 0.644. The summed E-state index contributed by atoms with van der Waals surface area (Å²) in [5.41, 5.74) is 5.44. The summed E-state index contributed by atoms with van der Waals surface area (Å²) >= 11 is 0. The number of primary amides is 1. The first kappa shape index (κ1) is 15.6. The van der Waals surface area contributed by atoms with E-state index in [0.29, 0.717) is 5.56 Å². The minimum Gasteiger partial charge on any atom is -0.365 e. The van der Waals surface area contributed by atoms with Crippen LogP contribution < -0.4 is 20.9 Å². The van der Waals surface area contributed by atoms with Crippen molar-refractivity contribution in [2.75, 3.05) is 0 Å². The molecule has 108 valence electrons. The third-order valence-electron chi connectivity index (χ3n) is 2.71. The molecule has 0 saturated heterocycles. The van der Waals surface area contributed by atoms with Crippen molar-refractivity contribution in [3.8, 4) is 0 Å². The van der Waals surface area contributed by atoms with Crippen LogP contribution in [0.25, 0.3) is 0 Å². The van der Waals surface area contributed by atoms with Crippen molar-refractivity contribution >= 4 is 17.8 Å². The number of carbonyl (C=O) groups is 3. The van der Waals surface area contributed by atoms with Crippen molar-refractivity contribution in [3.63, 3.8) is 0 Å². The fraction of sp³-hybridized carbons (Fsp3) is 0.385. The lowest BCUT2D eigenvalue weighted by Gasteiger charge is -2.10. The number of hydrogen-bond acceptors (Lipinski definition) is 3. The second kappa shape index (κ2) is 7.22. The van der Waals surface area contributed by atoms with Crippen LogP contribution in [0.2, 0.25) is 0 Å². The van der Waals surface area contributed by atoms with Gasteiger partial charge in [0.1, 0.15) is 5.56 Å². The summed E-state index contributed by atoms with van der Waals surface area (Å²) in [6, 6.07) is 2.61. The number of hydrogen-bond donors (Lipinski definition) is 3. The van der Waals surface area contributed by atoms with Crippen LogP contribution in [-0.2, 0) is 11.3 Å². The summed E-state index contributed by atoms with van der Waals surface area (Å²) in [6.45, 7) is 3.70. The maximum atomic E-state index is 11.7. The van der Waals surface area contributed by atoms with Gasteiger partial charge in [0, 0.05) is 12.1 Å². The number of nitrogens with zero attached hydrogens (tertiary/aromatic N) is 1. The molecule has 1 atom stereocenters. The number of carbonyl (C=O) groups excluding carboxylic acids is 3. The Bertz CT molecular complexity index is 516. The molecule has 0 spiro atoms. The predicted molar refractivity (Wildman–Crippen MR) is 71.6 cm³/mol. The first-order valence-electron chi connectivity index (χ1n) is 6.31. The highest BCUT2D eigenvalue weighted by atomic mass is 16.2. The highest BCUT2D eigenvalue weighted by Crippen LogP contribution is 1.92. The predicted octanol–water partition coefficient (Wildman–Crippen LogP) is -0.303. The first-order chi connectivity index (χ1) is 9.42. The van der Waals surface area contributed by atoms with Crippen LogP contribution in [0.4, 0.5) is 4.79 Å². The summed E-state index contributed by atoms with van der Waals surface area (Å²) in [5, 5.41) is 4.84. The number of amides is 4. The molecule has 1 heterocycles. The van der Waals surface area contributed by atoms with E-state index >= 15 is 0 Å². The lowest BCUT2D eigenvalue weighted by molar-refractivity contribution is -0.684. The second-order valence-corrected chi connectivity index (χ2v) is 4.46. The van der Waals surface area contributed by atoms with E-state index in [-0.39, 0.29) is 12.6 Å². The highest BCUT2D eigenvalue weighted by molar-refractivity contribution is 5.94. The molecule has 0 bridgehead atoms. The second-order valence-electron chi connectivity index (χ2n) is 4.46. The Kier molecular flexibility index (Phi) is 5.64. The fourth-order valence-corrected chi connectivity index (χ4v) is 1.46. The van der Waals surface area contributed by atoms with E-state index in [1.54, 1.807) is 18.3 Å². The van der Waals surface area contributed by atoms with Gasteiger partial charge < -0.3 is 11.1 Å². The number of nitrogens with one attached hydrogen (secondary N) is 2. The summed E-state index contributed by atoms with van der Waals surface area (Å²) in [7, 11) is 0. The summed E-state index contributed by atoms with van der Waals surface area (Å²) in [5.74, 6) is -1.05. The van der Waals surface area contributed by atoms with Gasteiger partial charge in [-0.25, -0.2) is 4.79 Å². The van der Waals surface area contributed by atoms with Gasteiger partial charge in [0.15, 0.2) is 12.4 Å². The fourth-order valence-electron chi connectivity index (χ4n) is 1.46. The lowest BCUT2D eigenvalue weighted by atomic mass is 10.3. The smallest absolute Gasteiger partial charge is 0.321 e. The largest absolute Gasteiger partial charge is 0.365 e. The highest BCUT2D eigenvalue weighted by Gasteiger charge is 2.15. The van der Waals surface area contributed by atoms with Crippen LogP contribution in [0, 0.1) is 0 Å². The van der Waals surface area contributed by atoms with Crippen LogP contribution in [0.1, 0.15) is 30.6 Å². The zero-order chi connectivity index (χ0) is 15.1. The van der Waals surface area contributed by atoms with Gasteiger partial charge in [-0.2, -0.15) is 4.57 Å². The first-order valence-corrected chi connectivity index (χ1v) is 6.31. The number of nitrogens with two attached hydrogens (primary N) is 1. The van der Waals surface area contributed by atoms with Crippen molar-refractivity contribution in [2.45, 2.75) is 32.9 Å². The van der Waals surface area contributed by atoms with Gasteiger partial charge in [0.25, 0.3) is 11.8 Å². The van der Waals surface area contributed by atoms with Gasteiger partial charge in [-0.3, -0.25) is 14.9 Å². The van der Waals surface area contributed by atoms with Crippen LogP contribution in [-0.4, -0.2) is 23.9 Å². The van der Waals surface area contributed by atoms with Gasteiger partial charge in [-0.1, -0.05) is 6.92 Å². The molecule has 0 aliphatic heterocycles. The van der Waals surface area contributed by atoms with Crippen LogP contribution >= 0.6 is 0 Å². The molecule has 1 aromatic heterocycles. The van der Waals surface area contributed by atoms with Gasteiger partial charge in [-0.05, 0) is 19.4 Å². The molecule has 4 amide bonds. The Morgan fingerprint density at radius 1 is 1.40 bits per heavy atom. The number of imide groups is 1. The Labute approximate surface area is 117 Å². The average molecular weight is 279 g/mol. The molecule has 1 aromatic rings. The molecule has 0 fully saturated rings. The van der Waals surface area contributed by atoms with Gasteiger partial charge in [-0.15, -0.1) is 0 Å². The summed E-state index contributed by atoms with van der Waals surface area (Å²) < 4.78 is 1.48. The van der Waals surface area contributed by atoms with Crippen LogP contribution in [0.5, 0.6) is 0 Å². The van der Waals surface area contributed by atoms with Crippen molar-refractivity contribution in [3.05, 3.63) is 30.1 Å². The number of urea groups is 1. The molecular weight excluding hydrogens is 260 g/mol. The molecule has 4 N–H and O–H groups in total. The molecular formula is C13H19N4O3+. The van der Waals surface area contributed by atoms with Crippen molar-refractivity contribution in [1.82, 2.24) is 10.6 Å². The number of pyridine rings is 1. The van der Waals surface area contributed by atoms with E-state index in [1.165, 1.54) is 10.8 Å². The van der Waals surface area contributed by atoms with E-state index in [2.05, 4.69) is 10.6 Å². The Hall–Kier alpha value is -2.44. The van der Waals surface area contributed by atoms with E-state index in [4.69, 9.17) is 5.73 Å². The standard InChI is InChI=1S/C13H18N4O3/c1-3-9(2)15-13(20)16-11(18)8-17-6-4-5-10(7-17)12(14)19/h4-7,9H,3,8H2,1-2H3,(H3-,14,15,16,18,19,20)/p+1/t9-/m1/s1. The molecule has 0 aliphatic rings.